The van der Waals surface area contributed by atoms with Crippen molar-refractivity contribution in [3.05, 3.63) is 107 Å². The molecule has 0 heterocycles. The van der Waals surface area contributed by atoms with Crippen LogP contribution >= 0.6 is 11.6 Å². The highest BCUT2D eigenvalue weighted by Crippen LogP contribution is 2.17. The molecule has 154 valence electrons. The molecule has 3 rings (SSSR count). The largest absolute Gasteiger partial charge is 0.357 e. The third-order valence-corrected chi connectivity index (χ3v) is 5.23. The number of halogens is 1. The molecule has 2 amide bonds. The zero-order chi connectivity index (χ0) is 21.3. The molecule has 0 aliphatic rings. The van der Waals surface area contributed by atoms with E-state index in [4.69, 9.17) is 11.6 Å². The molecule has 30 heavy (non-hydrogen) atoms. The summed E-state index contributed by atoms with van der Waals surface area (Å²) < 4.78 is 0. The number of nitrogens with zero attached hydrogens (tertiary/aromatic N) is 1. The van der Waals surface area contributed by atoms with Crippen LogP contribution in [0.2, 0.25) is 5.02 Å². The van der Waals surface area contributed by atoms with Crippen molar-refractivity contribution in [2.24, 2.45) is 0 Å². The fourth-order valence-electron chi connectivity index (χ4n) is 3.38. The molecule has 0 radical (unpaired) electrons. The van der Waals surface area contributed by atoms with E-state index in [1.54, 1.807) is 24.1 Å². The Hall–Kier alpha value is -3.11. The van der Waals surface area contributed by atoms with Gasteiger partial charge in [-0.15, -0.1) is 0 Å². The first kappa shape index (κ1) is 21.6. The van der Waals surface area contributed by atoms with Gasteiger partial charge in [-0.05, 0) is 28.8 Å². The van der Waals surface area contributed by atoms with Crippen LogP contribution in [0.15, 0.2) is 84.9 Å². The van der Waals surface area contributed by atoms with Gasteiger partial charge in [0, 0.05) is 25.0 Å². The molecule has 0 aliphatic heterocycles. The summed E-state index contributed by atoms with van der Waals surface area (Å²) in [6.07, 6.45) is 0.645. The lowest BCUT2D eigenvalue weighted by Gasteiger charge is -2.31. The molecule has 5 heteroatoms. The standard InChI is InChI=1S/C25H25ClN2O2/c1-27-25(30)23(16-19-8-4-2-5-9-19)28(18-21-10-6-3-7-11-21)24(29)17-20-12-14-22(26)15-13-20/h2-15,23H,16-18H2,1H3,(H,27,30). The lowest BCUT2D eigenvalue weighted by molar-refractivity contribution is -0.140. The van der Waals surface area contributed by atoms with Crippen molar-refractivity contribution in [3.63, 3.8) is 0 Å². The summed E-state index contributed by atoms with van der Waals surface area (Å²) in [5.74, 6) is -0.287. The Kier molecular flexibility index (Phi) is 7.63. The van der Waals surface area contributed by atoms with Crippen LogP contribution in [-0.2, 0) is 29.0 Å². The third kappa shape index (κ3) is 5.94. The van der Waals surface area contributed by atoms with E-state index in [0.29, 0.717) is 18.0 Å². The average molecular weight is 421 g/mol. The second kappa shape index (κ2) is 10.6. The van der Waals surface area contributed by atoms with Gasteiger partial charge in [-0.2, -0.15) is 0 Å². The molecule has 0 aliphatic carbocycles. The van der Waals surface area contributed by atoms with Crippen LogP contribution in [-0.4, -0.2) is 29.8 Å². The van der Waals surface area contributed by atoms with Gasteiger partial charge < -0.3 is 10.2 Å². The summed E-state index contributed by atoms with van der Waals surface area (Å²) in [7, 11) is 1.60. The number of benzene rings is 3. The maximum absolute atomic E-state index is 13.4. The molecule has 0 aromatic heterocycles. The van der Waals surface area contributed by atoms with Crippen molar-refractivity contribution in [1.82, 2.24) is 10.2 Å². The third-order valence-electron chi connectivity index (χ3n) is 4.98. The molecule has 0 saturated carbocycles. The van der Waals surface area contributed by atoms with Crippen LogP contribution < -0.4 is 5.32 Å². The van der Waals surface area contributed by atoms with Crippen molar-refractivity contribution in [3.8, 4) is 0 Å². The molecule has 0 bridgehead atoms. The predicted octanol–water partition coefficient (Wildman–Crippen LogP) is 4.27. The van der Waals surface area contributed by atoms with Gasteiger partial charge >= 0.3 is 0 Å². The lowest BCUT2D eigenvalue weighted by Crippen LogP contribution is -2.50. The van der Waals surface area contributed by atoms with Gasteiger partial charge in [0.05, 0.1) is 6.42 Å². The normalized spacial score (nSPS) is 11.5. The lowest BCUT2D eigenvalue weighted by atomic mass is 10.0. The van der Waals surface area contributed by atoms with Gasteiger partial charge in [-0.25, -0.2) is 0 Å². The van der Waals surface area contributed by atoms with Crippen LogP contribution in [0.3, 0.4) is 0 Å². The molecular formula is C25H25ClN2O2. The molecule has 0 fully saturated rings. The second-order valence-corrected chi connectivity index (χ2v) is 7.57. The van der Waals surface area contributed by atoms with Crippen molar-refractivity contribution in [1.29, 1.82) is 0 Å². The molecule has 0 saturated heterocycles. The van der Waals surface area contributed by atoms with Gasteiger partial charge in [0.1, 0.15) is 6.04 Å². The van der Waals surface area contributed by atoms with Gasteiger partial charge in [0.15, 0.2) is 0 Å². The van der Waals surface area contributed by atoms with Gasteiger partial charge in [-0.1, -0.05) is 84.4 Å². The van der Waals surface area contributed by atoms with E-state index >= 15 is 0 Å². The molecule has 1 unspecified atom stereocenters. The number of likely N-dealkylation sites (N-methyl/N-ethyl adjacent to an activating group) is 1. The van der Waals surface area contributed by atoms with Crippen LogP contribution in [0.25, 0.3) is 0 Å². The minimum atomic E-state index is -0.614. The fraction of sp³-hybridized carbons (Fsp3) is 0.200. The maximum Gasteiger partial charge on any atom is 0.242 e. The minimum absolute atomic E-state index is 0.106. The summed E-state index contributed by atoms with van der Waals surface area (Å²) >= 11 is 5.97. The SMILES string of the molecule is CNC(=O)C(Cc1ccccc1)N(Cc1ccccc1)C(=O)Cc1ccc(Cl)cc1. The number of hydrogen-bond donors (Lipinski definition) is 1. The fourth-order valence-corrected chi connectivity index (χ4v) is 3.51. The Morgan fingerprint density at radius 3 is 1.97 bits per heavy atom. The minimum Gasteiger partial charge on any atom is -0.357 e. The highest BCUT2D eigenvalue weighted by molar-refractivity contribution is 6.30. The molecule has 4 nitrogen and oxygen atoms in total. The zero-order valence-electron chi connectivity index (χ0n) is 16.9. The zero-order valence-corrected chi connectivity index (χ0v) is 17.7. The Morgan fingerprint density at radius 1 is 0.833 bits per heavy atom. The Balaban J connectivity index is 1.91. The van der Waals surface area contributed by atoms with Gasteiger partial charge in [0.25, 0.3) is 0 Å². The predicted molar refractivity (Wildman–Crippen MR) is 120 cm³/mol. The van der Waals surface area contributed by atoms with E-state index in [-0.39, 0.29) is 18.2 Å². The van der Waals surface area contributed by atoms with Crippen molar-refractivity contribution in [2.45, 2.75) is 25.4 Å². The molecule has 0 spiro atoms. The first-order chi connectivity index (χ1) is 14.6. The quantitative estimate of drug-likeness (QED) is 0.591. The number of carbonyl (C=O) groups excluding carboxylic acids is 2. The summed E-state index contributed by atoms with van der Waals surface area (Å²) in [4.78, 5) is 27.9. The Morgan fingerprint density at radius 2 is 1.40 bits per heavy atom. The summed E-state index contributed by atoms with van der Waals surface area (Å²) in [5.41, 5.74) is 2.84. The van der Waals surface area contributed by atoms with Crippen molar-refractivity contribution in [2.75, 3.05) is 7.05 Å². The topological polar surface area (TPSA) is 49.4 Å². The number of rotatable bonds is 8. The molecular weight excluding hydrogens is 396 g/mol. The number of hydrogen-bond acceptors (Lipinski definition) is 2. The highest BCUT2D eigenvalue weighted by Gasteiger charge is 2.29. The first-order valence-corrected chi connectivity index (χ1v) is 10.3. The van der Waals surface area contributed by atoms with E-state index < -0.39 is 6.04 Å². The number of nitrogens with one attached hydrogen (secondary N) is 1. The Labute approximate surface area is 182 Å². The second-order valence-electron chi connectivity index (χ2n) is 7.13. The molecule has 1 N–H and O–H groups in total. The van der Waals surface area contributed by atoms with E-state index in [1.165, 1.54) is 0 Å². The number of amides is 2. The molecule has 1 atom stereocenters. The molecule has 3 aromatic carbocycles. The van der Waals surface area contributed by atoms with Crippen LogP contribution in [0, 0.1) is 0 Å². The van der Waals surface area contributed by atoms with Gasteiger partial charge in [-0.3, -0.25) is 9.59 Å². The monoisotopic (exact) mass is 420 g/mol. The number of carbonyl (C=O) groups is 2. The van der Waals surface area contributed by atoms with E-state index in [1.807, 2.05) is 72.8 Å². The van der Waals surface area contributed by atoms with E-state index in [9.17, 15) is 9.59 Å². The smallest absolute Gasteiger partial charge is 0.242 e. The Bertz CT molecular complexity index is 959. The van der Waals surface area contributed by atoms with Crippen molar-refractivity contribution < 1.29 is 9.59 Å². The van der Waals surface area contributed by atoms with Crippen molar-refractivity contribution >= 4 is 23.4 Å². The maximum atomic E-state index is 13.4. The first-order valence-electron chi connectivity index (χ1n) is 9.90. The molecule has 3 aromatic rings. The average Bonchev–Trinajstić information content (AvgIpc) is 2.78. The summed E-state index contributed by atoms with van der Waals surface area (Å²) in [6.45, 7) is 0.359. The van der Waals surface area contributed by atoms with Crippen LogP contribution in [0.5, 0.6) is 0 Å². The summed E-state index contributed by atoms with van der Waals surface area (Å²) in [6, 6.07) is 26.1. The van der Waals surface area contributed by atoms with E-state index in [0.717, 1.165) is 16.7 Å². The van der Waals surface area contributed by atoms with Crippen LogP contribution in [0.1, 0.15) is 16.7 Å². The van der Waals surface area contributed by atoms with Gasteiger partial charge in [0.2, 0.25) is 11.8 Å². The van der Waals surface area contributed by atoms with E-state index in [2.05, 4.69) is 5.32 Å². The summed E-state index contributed by atoms with van der Waals surface area (Å²) in [5, 5.41) is 3.35. The highest BCUT2D eigenvalue weighted by atomic mass is 35.5. The van der Waals surface area contributed by atoms with Crippen LogP contribution in [0.4, 0.5) is 0 Å².